The molecule has 0 aromatic carbocycles. The number of carbonyl (C=O) groups is 1. The quantitative estimate of drug-likeness (QED) is 0.685. The van der Waals surface area contributed by atoms with Crippen molar-refractivity contribution in [2.45, 2.75) is 39.2 Å². The average Bonchev–Trinajstić information content (AvgIpc) is 2.11. The zero-order valence-corrected chi connectivity index (χ0v) is 9.10. The Hall–Kier alpha value is -0.240. The SMILES string of the molecule is CC1CCCC(C)C1NC(=O)CCl. The van der Waals surface area contributed by atoms with Crippen LogP contribution in [0.2, 0.25) is 0 Å². The molecule has 2 unspecified atom stereocenters. The van der Waals surface area contributed by atoms with Gasteiger partial charge in [0.25, 0.3) is 0 Å². The van der Waals surface area contributed by atoms with Crippen molar-refractivity contribution in [3.8, 4) is 0 Å². The Labute approximate surface area is 85.0 Å². The smallest absolute Gasteiger partial charge is 0.235 e. The molecule has 1 aliphatic carbocycles. The van der Waals surface area contributed by atoms with Crippen molar-refractivity contribution in [1.82, 2.24) is 5.32 Å². The molecule has 1 fully saturated rings. The molecular weight excluding hydrogens is 186 g/mol. The van der Waals surface area contributed by atoms with Gasteiger partial charge in [-0.25, -0.2) is 0 Å². The standard InChI is InChI=1S/C10H18ClNO/c1-7-4-3-5-8(2)10(7)12-9(13)6-11/h7-8,10H,3-6H2,1-2H3,(H,12,13). The maximum atomic E-state index is 11.1. The van der Waals surface area contributed by atoms with E-state index in [1.54, 1.807) is 0 Å². The predicted molar refractivity (Wildman–Crippen MR) is 54.8 cm³/mol. The molecule has 0 aromatic heterocycles. The Morgan fingerprint density at radius 3 is 2.38 bits per heavy atom. The van der Waals surface area contributed by atoms with Crippen molar-refractivity contribution in [2.24, 2.45) is 11.8 Å². The van der Waals surface area contributed by atoms with E-state index in [1.807, 2.05) is 0 Å². The summed E-state index contributed by atoms with van der Waals surface area (Å²) in [6.07, 6.45) is 3.73. The monoisotopic (exact) mass is 203 g/mol. The molecule has 0 saturated heterocycles. The van der Waals surface area contributed by atoms with E-state index in [1.165, 1.54) is 19.3 Å². The first-order valence-electron chi connectivity index (χ1n) is 5.00. The second-order valence-corrected chi connectivity index (χ2v) is 4.38. The Morgan fingerprint density at radius 2 is 1.92 bits per heavy atom. The van der Waals surface area contributed by atoms with Crippen molar-refractivity contribution in [3.05, 3.63) is 0 Å². The van der Waals surface area contributed by atoms with Gasteiger partial charge in [0, 0.05) is 6.04 Å². The van der Waals surface area contributed by atoms with Gasteiger partial charge in [0.2, 0.25) is 5.91 Å². The molecule has 0 heterocycles. The van der Waals surface area contributed by atoms with Crippen LogP contribution in [0.25, 0.3) is 0 Å². The molecule has 1 rings (SSSR count). The molecule has 0 spiro atoms. The molecule has 2 atom stereocenters. The highest BCUT2D eigenvalue weighted by molar-refractivity contribution is 6.27. The fourth-order valence-corrected chi connectivity index (χ4v) is 2.27. The van der Waals surface area contributed by atoms with Gasteiger partial charge in [0.05, 0.1) is 0 Å². The highest BCUT2D eigenvalue weighted by Gasteiger charge is 2.28. The first kappa shape index (κ1) is 10.8. The van der Waals surface area contributed by atoms with E-state index >= 15 is 0 Å². The van der Waals surface area contributed by atoms with E-state index in [9.17, 15) is 4.79 Å². The minimum absolute atomic E-state index is 0.0349. The summed E-state index contributed by atoms with van der Waals surface area (Å²) in [5.41, 5.74) is 0. The van der Waals surface area contributed by atoms with Crippen molar-refractivity contribution < 1.29 is 4.79 Å². The van der Waals surface area contributed by atoms with Crippen LogP contribution >= 0.6 is 11.6 Å². The van der Waals surface area contributed by atoms with Gasteiger partial charge in [-0.2, -0.15) is 0 Å². The van der Waals surface area contributed by atoms with Gasteiger partial charge in [-0.1, -0.05) is 20.3 Å². The number of rotatable bonds is 2. The molecule has 0 aliphatic heterocycles. The molecule has 1 saturated carbocycles. The minimum Gasteiger partial charge on any atom is -0.352 e. The second kappa shape index (κ2) is 4.85. The van der Waals surface area contributed by atoms with E-state index in [4.69, 9.17) is 11.6 Å². The summed E-state index contributed by atoms with van der Waals surface area (Å²) in [5, 5.41) is 3.00. The van der Waals surface area contributed by atoms with Crippen LogP contribution in [0, 0.1) is 11.8 Å². The number of carbonyl (C=O) groups excluding carboxylic acids is 1. The summed E-state index contributed by atoms with van der Waals surface area (Å²) in [6, 6.07) is 0.333. The molecular formula is C10H18ClNO. The number of hydrogen-bond donors (Lipinski definition) is 1. The average molecular weight is 204 g/mol. The Bertz CT molecular complexity index is 174. The molecule has 1 N–H and O–H groups in total. The maximum absolute atomic E-state index is 11.1. The third-order valence-electron chi connectivity index (χ3n) is 2.99. The third kappa shape index (κ3) is 2.87. The minimum atomic E-state index is -0.0349. The predicted octanol–water partition coefficient (Wildman–Crippen LogP) is 2.17. The number of alkyl halides is 1. The highest BCUT2D eigenvalue weighted by Crippen LogP contribution is 2.28. The van der Waals surface area contributed by atoms with Crippen LogP contribution in [-0.4, -0.2) is 17.8 Å². The number of hydrogen-bond acceptors (Lipinski definition) is 1. The van der Waals surface area contributed by atoms with Gasteiger partial charge in [0.15, 0.2) is 0 Å². The molecule has 76 valence electrons. The zero-order chi connectivity index (χ0) is 9.84. The topological polar surface area (TPSA) is 29.1 Å². The Balaban J connectivity index is 2.48. The Kier molecular flexibility index (Phi) is 4.04. The van der Waals surface area contributed by atoms with Gasteiger partial charge in [0.1, 0.15) is 5.88 Å². The first-order valence-corrected chi connectivity index (χ1v) is 5.54. The summed E-state index contributed by atoms with van der Waals surface area (Å²) in [4.78, 5) is 11.1. The summed E-state index contributed by atoms with van der Waals surface area (Å²) < 4.78 is 0. The van der Waals surface area contributed by atoms with E-state index < -0.39 is 0 Å². The normalized spacial score (nSPS) is 34.2. The summed E-state index contributed by atoms with van der Waals surface area (Å²) in [6.45, 7) is 4.41. The van der Waals surface area contributed by atoms with Crippen LogP contribution in [0.4, 0.5) is 0 Å². The molecule has 0 aromatic rings. The van der Waals surface area contributed by atoms with Gasteiger partial charge in [-0.3, -0.25) is 4.79 Å². The number of amides is 1. The third-order valence-corrected chi connectivity index (χ3v) is 3.24. The lowest BCUT2D eigenvalue weighted by Crippen LogP contribution is -2.46. The summed E-state index contributed by atoms with van der Waals surface area (Å²) >= 11 is 5.45. The lowest BCUT2D eigenvalue weighted by molar-refractivity contribution is -0.120. The van der Waals surface area contributed by atoms with E-state index in [-0.39, 0.29) is 11.8 Å². The van der Waals surface area contributed by atoms with E-state index in [0.29, 0.717) is 17.9 Å². The molecule has 0 radical (unpaired) electrons. The molecule has 3 heteroatoms. The van der Waals surface area contributed by atoms with Crippen LogP contribution in [0.15, 0.2) is 0 Å². The van der Waals surface area contributed by atoms with Crippen LogP contribution in [-0.2, 0) is 4.79 Å². The zero-order valence-electron chi connectivity index (χ0n) is 8.35. The lowest BCUT2D eigenvalue weighted by atomic mass is 9.79. The molecule has 1 aliphatic rings. The van der Waals surface area contributed by atoms with Crippen molar-refractivity contribution >= 4 is 17.5 Å². The van der Waals surface area contributed by atoms with Gasteiger partial charge < -0.3 is 5.32 Å². The van der Waals surface area contributed by atoms with E-state index in [0.717, 1.165) is 0 Å². The lowest BCUT2D eigenvalue weighted by Gasteiger charge is -2.34. The van der Waals surface area contributed by atoms with Crippen LogP contribution in [0.5, 0.6) is 0 Å². The largest absolute Gasteiger partial charge is 0.352 e. The fourth-order valence-electron chi connectivity index (χ4n) is 2.19. The maximum Gasteiger partial charge on any atom is 0.235 e. The van der Waals surface area contributed by atoms with Crippen molar-refractivity contribution in [1.29, 1.82) is 0 Å². The molecule has 13 heavy (non-hydrogen) atoms. The second-order valence-electron chi connectivity index (χ2n) is 4.11. The van der Waals surface area contributed by atoms with Crippen molar-refractivity contribution in [2.75, 3.05) is 5.88 Å². The fraction of sp³-hybridized carbons (Fsp3) is 0.900. The van der Waals surface area contributed by atoms with E-state index in [2.05, 4.69) is 19.2 Å². The van der Waals surface area contributed by atoms with Gasteiger partial charge in [-0.15, -0.1) is 11.6 Å². The first-order chi connectivity index (χ1) is 6.15. The molecule has 0 bridgehead atoms. The molecule has 1 amide bonds. The summed E-state index contributed by atoms with van der Waals surface area (Å²) in [7, 11) is 0. The van der Waals surface area contributed by atoms with Crippen molar-refractivity contribution in [3.63, 3.8) is 0 Å². The van der Waals surface area contributed by atoms with Gasteiger partial charge in [-0.05, 0) is 24.7 Å². The summed E-state index contributed by atoms with van der Waals surface area (Å²) in [5.74, 6) is 1.23. The van der Waals surface area contributed by atoms with Crippen LogP contribution in [0.1, 0.15) is 33.1 Å². The Morgan fingerprint density at radius 1 is 1.38 bits per heavy atom. The van der Waals surface area contributed by atoms with Gasteiger partial charge >= 0.3 is 0 Å². The number of halogens is 1. The molecule has 2 nitrogen and oxygen atoms in total. The number of nitrogens with one attached hydrogen (secondary N) is 1. The van der Waals surface area contributed by atoms with Crippen LogP contribution < -0.4 is 5.32 Å². The highest BCUT2D eigenvalue weighted by atomic mass is 35.5. The van der Waals surface area contributed by atoms with Crippen LogP contribution in [0.3, 0.4) is 0 Å².